The highest BCUT2D eigenvalue weighted by Gasteiger charge is 2.30. The molecule has 1 saturated carbocycles. The van der Waals surface area contributed by atoms with Crippen molar-refractivity contribution in [3.8, 4) is 0 Å². The molecule has 0 spiro atoms. The first-order chi connectivity index (χ1) is 10.8. The van der Waals surface area contributed by atoms with Crippen molar-refractivity contribution in [1.82, 2.24) is 15.0 Å². The van der Waals surface area contributed by atoms with E-state index >= 15 is 0 Å². The number of rotatable bonds is 3. The second-order valence-corrected chi connectivity index (χ2v) is 6.12. The lowest BCUT2D eigenvalue weighted by Crippen LogP contribution is -2.34. The van der Waals surface area contributed by atoms with Crippen LogP contribution < -0.4 is 5.32 Å². The van der Waals surface area contributed by atoms with Gasteiger partial charge in [-0.05, 0) is 42.5 Å². The number of nitrogens with zero attached hydrogens (tertiary/aromatic N) is 3. The monoisotopic (exact) mass is 310 g/mol. The number of hydrogen-bond acceptors (Lipinski definition) is 4. The van der Waals surface area contributed by atoms with Gasteiger partial charge in [0, 0.05) is 22.6 Å². The van der Waals surface area contributed by atoms with Gasteiger partial charge in [0.05, 0.1) is 11.7 Å². The van der Waals surface area contributed by atoms with Crippen LogP contribution in [0.15, 0.2) is 49.1 Å². The van der Waals surface area contributed by atoms with E-state index in [0.29, 0.717) is 12.0 Å². The highest BCUT2D eigenvalue weighted by Crippen LogP contribution is 2.39. The lowest BCUT2D eigenvalue weighted by Gasteiger charge is -2.36. The third kappa shape index (κ3) is 2.50. The molecular weight excluding hydrogens is 296 g/mol. The lowest BCUT2D eigenvalue weighted by atomic mass is 9.76. The number of nitrogens with one attached hydrogen (secondary N) is 1. The van der Waals surface area contributed by atoms with Crippen molar-refractivity contribution in [2.75, 3.05) is 5.32 Å². The van der Waals surface area contributed by atoms with Crippen molar-refractivity contribution in [3.05, 3.63) is 59.6 Å². The molecule has 0 bridgehead atoms. The van der Waals surface area contributed by atoms with Gasteiger partial charge in [-0.15, -0.1) is 0 Å². The van der Waals surface area contributed by atoms with Gasteiger partial charge in [-0.3, -0.25) is 4.98 Å². The third-order valence-corrected chi connectivity index (χ3v) is 4.47. The maximum absolute atomic E-state index is 6.06. The smallest absolute Gasteiger partial charge is 0.137 e. The molecule has 22 heavy (non-hydrogen) atoms. The van der Waals surface area contributed by atoms with Crippen molar-refractivity contribution >= 4 is 28.3 Å². The highest BCUT2D eigenvalue weighted by molar-refractivity contribution is 6.30. The quantitative estimate of drug-likeness (QED) is 0.793. The average molecular weight is 311 g/mol. The molecule has 2 heterocycles. The van der Waals surface area contributed by atoms with E-state index in [2.05, 4.69) is 32.4 Å². The van der Waals surface area contributed by atoms with Crippen molar-refractivity contribution < 1.29 is 0 Å². The number of benzene rings is 1. The van der Waals surface area contributed by atoms with Crippen molar-refractivity contribution in [2.45, 2.75) is 24.8 Å². The number of aromatic nitrogens is 3. The van der Waals surface area contributed by atoms with Gasteiger partial charge in [-0.2, -0.15) is 0 Å². The van der Waals surface area contributed by atoms with Crippen LogP contribution in [0, 0.1) is 0 Å². The Balaban J connectivity index is 1.47. The van der Waals surface area contributed by atoms with Gasteiger partial charge in [-0.1, -0.05) is 23.7 Å². The van der Waals surface area contributed by atoms with E-state index in [1.54, 1.807) is 18.7 Å². The normalized spacial score (nSPS) is 20.6. The minimum Gasteiger partial charge on any atom is -0.367 e. The summed E-state index contributed by atoms with van der Waals surface area (Å²) in [6, 6.07) is 10.5. The predicted octanol–water partition coefficient (Wildman–Crippen LogP) is 4.04. The topological polar surface area (TPSA) is 50.7 Å². The van der Waals surface area contributed by atoms with Crippen LogP contribution in [0.25, 0.3) is 10.9 Å². The molecule has 4 rings (SSSR count). The van der Waals surface area contributed by atoms with Crippen LogP contribution in [-0.2, 0) is 0 Å². The number of halogens is 1. The zero-order chi connectivity index (χ0) is 14.9. The van der Waals surface area contributed by atoms with Gasteiger partial charge in [0.25, 0.3) is 0 Å². The molecule has 0 radical (unpaired) electrons. The van der Waals surface area contributed by atoms with Gasteiger partial charge >= 0.3 is 0 Å². The zero-order valence-corrected chi connectivity index (χ0v) is 12.7. The Morgan fingerprint density at radius 3 is 2.91 bits per heavy atom. The number of fused-ring (bicyclic) bond motifs is 1. The largest absolute Gasteiger partial charge is 0.367 e. The number of anilines is 1. The first-order valence-electron chi connectivity index (χ1n) is 7.36. The highest BCUT2D eigenvalue weighted by atomic mass is 35.5. The summed E-state index contributed by atoms with van der Waals surface area (Å²) >= 11 is 6.06. The standard InChI is InChI=1S/C17H15ClN4/c18-13-3-1-2-11(6-13)12-7-14(8-12)22-17-15-4-5-19-9-16(15)20-10-21-17/h1-6,9-10,12,14H,7-8H2,(H,20,21,22). The third-order valence-electron chi connectivity index (χ3n) is 4.24. The van der Waals surface area contributed by atoms with Crippen LogP contribution in [0.5, 0.6) is 0 Å². The van der Waals surface area contributed by atoms with Crippen LogP contribution in [0.3, 0.4) is 0 Å². The van der Waals surface area contributed by atoms with E-state index in [4.69, 9.17) is 11.6 Å². The number of hydrogen-bond donors (Lipinski definition) is 1. The lowest BCUT2D eigenvalue weighted by molar-refractivity contribution is 0.373. The van der Waals surface area contributed by atoms with Crippen LogP contribution in [0.2, 0.25) is 5.02 Å². The molecule has 1 aromatic carbocycles. The minimum atomic E-state index is 0.440. The summed E-state index contributed by atoms with van der Waals surface area (Å²) in [5.41, 5.74) is 2.19. The molecule has 2 aromatic heterocycles. The molecule has 0 atom stereocenters. The van der Waals surface area contributed by atoms with Gasteiger partial charge < -0.3 is 5.32 Å². The Labute approximate surface area is 133 Å². The first-order valence-corrected chi connectivity index (χ1v) is 7.74. The Bertz CT molecular complexity index is 809. The van der Waals surface area contributed by atoms with E-state index in [-0.39, 0.29) is 0 Å². The van der Waals surface area contributed by atoms with E-state index in [1.807, 2.05) is 18.2 Å². The molecule has 0 saturated heterocycles. The summed E-state index contributed by atoms with van der Waals surface area (Å²) in [5.74, 6) is 1.47. The summed E-state index contributed by atoms with van der Waals surface area (Å²) in [7, 11) is 0. The van der Waals surface area contributed by atoms with E-state index in [0.717, 1.165) is 34.6 Å². The molecule has 1 aliphatic rings. The Morgan fingerprint density at radius 1 is 1.14 bits per heavy atom. The van der Waals surface area contributed by atoms with Crippen molar-refractivity contribution in [2.24, 2.45) is 0 Å². The van der Waals surface area contributed by atoms with Crippen LogP contribution in [0.4, 0.5) is 5.82 Å². The fourth-order valence-corrected chi connectivity index (χ4v) is 3.18. The summed E-state index contributed by atoms with van der Waals surface area (Å²) in [6.07, 6.45) is 7.30. The number of pyridine rings is 1. The average Bonchev–Trinajstić information content (AvgIpc) is 2.50. The summed E-state index contributed by atoms with van der Waals surface area (Å²) in [6.45, 7) is 0. The van der Waals surface area contributed by atoms with Gasteiger partial charge in [-0.25, -0.2) is 9.97 Å². The second kappa shape index (κ2) is 5.54. The molecule has 110 valence electrons. The van der Waals surface area contributed by atoms with Gasteiger partial charge in [0.1, 0.15) is 12.1 Å². The van der Waals surface area contributed by atoms with Crippen molar-refractivity contribution in [1.29, 1.82) is 0 Å². The molecule has 0 aliphatic heterocycles. The van der Waals surface area contributed by atoms with E-state index in [9.17, 15) is 0 Å². The van der Waals surface area contributed by atoms with Crippen LogP contribution in [0.1, 0.15) is 24.3 Å². The van der Waals surface area contributed by atoms with Gasteiger partial charge in [0.2, 0.25) is 0 Å². The van der Waals surface area contributed by atoms with Crippen molar-refractivity contribution in [3.63, 3.8) is 0 Å². The maximum Gasteiger partial charge on any atom is 0.137 e. The van der Waals surface area contributed by atoms with Gasteiger partial charge in [0.15, 0.2) is 0 Å². The molecule has 3 aromatic rings. The van der Waals surface area contributed by atoms with E-state index in [1.165, 1.54) is 5.56 Å². The summed E-state index contributed by atoms with van der Waals surface area (Å²) in [5, 5.41) is 5.35. The predicted molar refractivity (Wildman–Crippen MR) is 88.2 cm³/mol. The summed E-state index contributed by atoms with van der Waals surface area (Å²) < 4.78 is 0. The second-order valence-electron chi connectivity index (χ2n) is 5.68. The Hall–Kier alpha value is -2.20. The molecule has 5 heteroatoms. The molecule has 0 amide bonds. The molecule has 1 aliphatic carbocycles. The fraction of sp³-hybridized carbons (Fsp3) is 0.235. The minimum absolute atomic E-state index is 0.440. The Kier molecular flexibility index (Phi) is 3.39. The first kappa shape index (κ1) is 13.5. The zero-order valence-electron chi connectivity index (χ0n) is 11.9. The van der Waals surface area contributed by atoms with Crippen LogP contribution >= 0.6 is 11.6 Å². The molecule has 1 N–H and O–H groups in total. The molecular formula is C17H15ClN4. The fourth-order valence-electron chi connectivity index (χ4n) is 2.98. The molecule has 0 unspecified atom stereocenters. The van der Waals surface area contributed by atoms with E-state index < -0.39 is 0 Å². The molecule has 1 fully saturated rings. The Morgan fingerprint density at radius 2 is 2.05 bits per heavy atom. The summed E-state index contributed by atoms with van der Waals surface area (Å²) in [4.78, 5) is 12.7. The SMILES string of the molecule is Clc1cccc(C2CC(Nc3ncnc4cnccc34)C2)c1. The molecule has 4 nitrogen and oxygen atoms in total. The maximum atomic E-state index is 6.06. The van der Waals surface area contributed by atoms with Crippen LogP contribution in [-0.4, -0.2) is 21.0 Å².